The van der Waals surface area contributed by atoms with Gasteiger partial charge in [0.25, 0.3) is 0 Å². The molecule has 1 aromatic rings. The van der Waals surface area contributed by atoms with Crippen molar-refractivity contribution in [1.82, 2.24) is 0 Å². The van der Waals surface area contributed by atoms with E-state index in [1.54, 1.807) is 0 Å². The van der Waals surface area contributed by atoms with E-state index < -0.39 is 0 Å². The summed E-state index contributed by atoms with van der Waals surface area (Å²) >= 11 is 0. The molecule has 3 N–H and O–H groups in total. The minimum Gasteiger partial charge on any atom is -0.396 e. The van der Waals surface area contributed by atoms with Crippen molar-refractivity contribution in [3.63, 3.8) is 0 Å². The third kappa shape index (κ3) is 18.1. The van der Waals surface area contributed by atoms with Crippen molar-refractivity contribution in [3.05, 3.63) is 29.6 Å². The van der Waals surface area contributed by atoms with Gasteiger partial charge in [-0.15, -0.1) is 0 Å². The van der Waals surface area contributed by atoms with Crippen LogP contribution in [0.3, 0.4) is 0 Å². The Bertz CT molecular complexity index is 461. The number of aliphatic hydroxyl groups is 3. The smallest absolute Gasteiger partial charge is 0.171 e. The van der Waals surface area contributed by atoms with Gasteiger partial charge >= 0.3 is 0 Å². The van der Waals surface area contributed by atoms with Crippen molar-refractivity contribution in [3.8, 4) is 0 Å². The van der Waals surface area contributed by atoms with Gasteiger partial charge in [-0.05, 0) is 57.4 Å². The molecule has 0 saturated carbocycles. The highest BCUT2D eigenvalue weighted by molar-refractivity contribution is 5.15. The number of rotatable bonds is 24. The first kappa shape index (κ1) is 30.1. The number of pyridine rings is 1. The van der Waals surface area contributed by atoms with Crippen LogP contribution in [0.15, 0.2) is 18.5 Å². The van der Waals surface area contributed by atoms with Gasteiger partial charge in [0, 0.05) is 37.4 Å². The van der Waals surface area contributed by atoms with E-state index in [4.69, 9.17) is 15.3 Å². The fourth-order valence-electron chi connectivity index (χ4n) is 4.59. The summed E-state index contributed by atoms with van der Waals surface area (Å²) in [4.78, 5) is 0. The predicted molar refractivity (Wildman–Crippen MR) is 138 cm³/mol. The van der Waals surface area contributed by atoms with Crippen LogP contribution in [0.2, 0.25) is 0 Å². The summed E-state index contributed by atoms with van der Waals surface area (Å²) in [7, 11) is 0. The Hall–Kier alpha value is -0.970. The van der Waals surface area contributed by atoms with Crippen molar-refractivity contribution in [2.75, 3.05) is 19.8 Å². The lowest BCUT2D eigenvalue weighted by Gasteiger charge is -2.07. The second-order valence-corrected chi connectivity index (χ2v) is 9.82. The largest absolute Gasteiger partial charge is 0.396 e. The Kier molecular flexibility index (Phi) is 20.8. The Morgan fingerprint density at radius 3 is 1.15 bits per heavy atom. The number of nitrogens with zero attached hydrogens (tertiary/aromatic N) is 1. The van der Waals surface area contributed by atoms with Crippen LogP contribution in [0.25, 0.3) is 0 Å². The molecule has 0 aromatic carbocycles. The molecule has 0 unspecified atom stereocenters. The minimum atomic E-state index is 0.330. The van der Waals surface area contributed by atoms with Gasteiger partial charge < -0.3 is 15.3 Å². The molecule has 0 amide bonds. The number of unbranched alkanes of at least 4 members (excludes halogenated alkanes) is 15. The predicted octanol–water partition coefficient (Wildman–Crippen LogP) is 6.06. The average molecular weight is 465 g/mol. The summed E-state index contributed by atoms with van der Waals surface area (Å²) < 4.78 is 2.45. The molecule has 33 heavy (non-hydrogen) atoms. The van der Waals surface area contributed by atoms with E-state index in [1.165, 1.54) is 101 Å². The highest BCUT2D eigenvalue weighted by Gasteiger charge is 2.08. The quantitative estimate of drug-likeness (QED) is 0.129. The number of hydrogen-bond donors (Lipinski definition) is 3. The zero-order chi connectivity index (χ0) is 23.8. The zero-order valence-electron chi connectivity index (χ0n) is 21.5. The van der Waals surface area contributed by atoms with Crippen LogP contribution >= 0.6 is 0 Å². The Balaban J connectivity index is 2.44. The van der Waals surface area contributed by atoms with E-state index in [0.29, 0.717) is 19.8 Å². The van der Waals surface area contributed by atoms with Crippen LogP contribution in [0, 0.1) is 0 Å². The van der Waals surface area contributed by atoms with E-state index in [0.717, 1.165) is 45.1 Å². The number of aliphatic hydroxyl groups excluding tert-OH is 3. The van der Waals surface area contributed by atoms with Gasteiger partial charge in [-0.2, -0.15) is 0 Å². The topological polar surface area (TPSA) is 64.6 Å². The van der Waals surface area contributed by atoms with E-state index in [2.05, 4.69) is 23.0 Å². The molecule has 1 aromatic heterocycles. The van der Waals surface area contributed by atoms with Crippen molar-refractivity contribution < 1.29 is 19.9 Å². The number of hydrogen-bond acceptors (Lipinski definition) is 3. The summed E-state index contributed by atoms with van der Waals surface area (Å²) in [6.07, 6.45) is 28.6. The van der Waals surface area contributed by atoms with Crippen LogP contribution in [-0.4, -0.2) is 35.1 Å². The minimum absolute atomic E-state index is 0.330. The van der Waals surface area contributed by atoms with E-state index >= 15 is 0 Å². The monoisotopic (exact) mass is 464 g/mol. The Morgan fingerprint density at radius 2 is 0.758 bits per heavy atom. The lowest BCUT2D eigenvalue weighted by Crippen LogP contribution is -2.34. The third-order valence-electron chi connectivity index (χ3n) is 6.61. The molecule has 0 aliphatic heterocycles. The van der Waals surface area contributed by atoms with E-state index in [9.17, 15) is 0 Å². The summed E-state index contributed by atoms with van der Waals surface area (Å²) in [5.41, 5.74) is 2.99. The van der Waals surface area contributed by atoms with Crippen LogP contribution in [0.4, 0.5) is 0 Å². The third-order valence-corrected chi connectivity index (χ3v) is 6.61. The first-order valence-electron chi connectivity index (χ1n) is 14.1. The Morgan fingerprint density at radius 1 is 0.424 bits per heavy atom. The summed E-state index contributed by atoms with van der Waals surface area (Å²) in [6.45, 7) is 2.11. The zero-order valence-corrected chi connectivity index (χ0v) is 21.5. The summed E-state index contributed by atoms with van der Waals surface area (Å²) in [5, 5.41) is 26.7. The van der Waals surface area contributed by atoms with Crippen LogP contribution in [-0.2, 0) is 19.4 Å². The van der Waals surface area contributed by atoms with E-state index in [1.807, 2.05) is 0 Å². The van der Waals surface area contributed by atoms with Crippen molar-refractivity contribution >= 4 is 0 Å². The molecule has 0 spiro atoms. The van der Waals surface area contributed by atoms with Crippen LogP contribution in [0.1, 0.15) is 127 Å². The second kappa shape index (κ2) is 22.8. The Labute approximate surface area is 204 Å². The van der Waals surface area contributed by atoms with Crippen molar-refractivity contribution in [2.45, 2.75) is 135 Å². The highest BCUT2D eigenvalue weighted by Crippen LogP contribution is 2.14. The molecule has 1 heterocycles. The number of aromatic nitrogens is 1. The highest BCUT2D eigenvalue weighted by atomic mass is 16.3. The van der Waals surface area contributed by atoms with Gasteiger partial charge in [0.05, 0.1) is 0 Å². The molecule has 4 nitrogen and oxygen atoms in total. The molecular weight excluding hydrogens is 410 g/mol. The second-order valence-electron chi connectivity index (χ2n) is 9.82. The SMILES string of the molecule is OCCCCCCCCc1cc(CCCCCCCCO)c[n+](CCCCCCCCO)c1. The first-order valence-corrected chi connectivity index (χ1v) is 14.1. The lowest BCUT2D eigenvalue weighted by molar-refractivity contribution is -0.698. The van der Waals surface area contributed by atoms with Gasteiger partial charge in [0.1, 0.15) is 6.54 Å². The molecule has 0 atom stereocenters. The van der Waals surface area contributed by atoms with Gasteiger partial charge in [-0.25, -0.2) is 4.57 Å². The normalized spacial score (nSPS) is 11.4. The molecule has 4 heteroatoms. The molecule has 0 fully saturated rings. The molecule has 0 radical (unpaired) electrons. The summed E-state index contributed by atoms with van der Waals surface area (Å²) in [5.74, 6) is 0. The van der Waals surface area contributed by atoms with Gasteiger partial charge in [0.15, 0.2) is 12.4 Å². The van der Waals surface area contributed by atoms with Gasteiger partial charge in [-0.1, -0.05) is 70.6 Å². The van der Waals surface area contributed by atoms with Crippen LogP contribution < -0.4 is 4.57 Å². The molecule has 0 bridgehead atoms. The maximum Gasteiger partial charge on any atom is 0.171 e. The fraction of sp³-hybridized carbons (Fsp3) is 0.828. The first-order chi connectivity index (χ1) is 16.3. The lowest BCUT2D eigenvalue weighted by atomic mass is 10.0. The molecule has 0 saturated heterocycles. The molecule has 1 rings (SSSR count). The van der Waals surface area contributed by atoms with Gasteiger partial charge in [0.2, 0.25) is 0 Å². The maximum atomic E-state index is 8.90. The van der Waals surface area contributed by atoms with E-state index in [-0.39, 0.29) is 0 Å². The summed E-state index contributed by atoms with van der Waals surface area (Å²) in [6, 6.07) is 2.45. The molecule has 0 aliphatic carbocycles. The van der Waals surface area contributed by atoms with Crippen molar-refractivity contribution in [2.24, 2.45) is 0 Å². The molecular formula is C29H54NO3+. The maximum absolute atomic E-state index is 8.90. The fourth-order valence-corrected chi connectivity index (χ4v) is 4.59. The van der Waals surface area contributed by atoms with Gasteiger partial charge in [-0.3, -0.25) is 0 Å². The molecule has 0 aliphatic rings. The standard InChI is InChI=1S/C29H54NO3/c31-22-16-10-4-1-7-13-19-28-25-29(20-14-8-2-5-11-17-23-32)27-30(26-28)21-15-9-3-6-12-18-24-33/h25-27,31-33H,1-24H2/q+1. The van der Waals surface area contributed by atoms with Crippen LogP contribution in [0.5, 0.6) is 0 Å². The average Bonchev–Trinajstić information content (AvgIpc) is 2.82. The molecule has 192 valence electrons. The van der Waals surface area contributed by atoms with Crippen molar-refractivity contribution in [1.29, 1.82) is 0 Å². The number of aryl methyl sites for hydroxylation is 3.